The third-order valence-corrected chi connectivity index (χ3v) is 4.10. The molecule has 0 aliphatic rings. The van der Waals surface area contributed by atoms with E-state index in [2.05, 4.69) is 22.3 Å². The number of hydrogen-bond acceptors (Lipinski definition) is 3. The number of hydrogen-bond donors (Lipinski definition) is 2. The molecule has 2 aromatic carbocycles. The van der Waals surface area contributed by atoms with Gasteiger partial charge in [-0.3, -0.25) is 4.79 Å². The van der Waals surface area contributed by atoms with Crippen molar-refractivity contribution in [3.63, 3.8) is 0 Å². The van der Waals surface area contributed by atoms with E-state index in [1.54, 1.807) is 4.90 Å². The van der Waals surface area contributed by atoms with Gasteiger partial charge in [-0.2, -0.15) is 0 Å². The van der Waals surface area contributed by atoms with Gasteiger partial charge >= 0.3 is 6.03 Å². The second-order valence-corrected chi connectivity index (χ2v) is 6.84. The molecule has 0 atom stereocenters. The Balaban J connectivity index is 1.94. The number of urea groups is 1. The van der Waals surface area contributed by atoms with Crippen LogP contribution in [0.15, 0.2) is 54.6 Å². The Morgan fingerprint density at radius 3 is 2.07 bits per heavy atom. The summed E-state index contributed by atoms with van der Waals surface area (Å²) in [6.45, 7) is 2.03. The number of carbonyl (C=O) groups is 2. The second kappa shape index (κ2) is 10.3. The molecule has 6 heteroatoms. The molecule has 0 unspecified atom stereocenters. The van der Waals surface area contributed by atoms with Crippen LogP contribution in [0.25, 0.3) is 0 Å². The first kappa shape index (κ1) is 20.5. The Morgan fingerprint density at radius 1 is 0.889 bits per heavy atom. The van der Waals surface area contributed by atoms with Crippen LogP contribution in [0.2, 0.25) is 0 Å². The smallest absolute Gasteiger partial charge is 0.317 e. The molecule has 2 rings (SSSR count). The summed E-state index contributed by atoms with van der Waals surface area (Å²) in [5, 5.41) is 2.93. The second-order valence-electron chi connectivity index (χ2n) is 6.84. The molecule has 0 bridgehead atoms. The van der Waals surface area contributed by atoms with E-state index in [-0.39, 0.29) is 19.0 Å². The first-order valence-electron chi connectivity index (χ1n) is 9.01. The van der Waals surface area contributed by atoms with Crippen LogP contribution in [0.1, 0.15) is 23.1 Å². The van der Waals surface area contributed by atoms with Gasteiger partial charge in [-0.15, -0.1) is 0 Å². The topological polar surface area (TPSA) is 78.7 Å². The number of nitrogens with one attached hydrogen (secondary N) is 1. The van der Waals surface area contributed by atoms with E-state index in [0.717, 1.165) is 17.7 Å². The van der Waals surface area contributed by atoms with Crippen molar-refractivity contribution < 1.29 is 9.59 Å². The molecule has 0 saturated heterocycles. The van der Waals surface area contributed by atoms with Gasteiger partial charge in [-0.05, 0) is 30.8 Å². The lowest BCUT2D eigenvalue weighted by Gasteiger charge is -2.23. The van der Waals surface area contributed by atoms with Crippen LogP contribution in [-0.4, -0.2) is 42.4 Å². The van der Waals surface area contributed by atoms with Crippen LogP contribution in [0, 0.1) is 0 Å². The highest BCUT2D eigenvalue weighted by Gasteiger charge is 2.14. The van der Waals surface area contributed by atoms with Crippen LogP contribution in [0.4, 0.5) is 4.79 Å². The van der Waals surface area contributed by atoms with Crippen molar-refractivity contribution in [2.45, 2.75) is 26.1 Å². The van der Waals surface area contributed by atoms with Crippen molar-refractivity contribution in [2.75, 3.05) is 20.6 Å². The van der Waals surface area contributed by atoms with Gasteiger partial charge in [-0.1, -0.05) is 54.6 Å². The number of amides is 3. The Hall–Kier alpha value is -2.86. The molecule has 3 amide bonds. The zero-order chi connectivity index (χ0) is 19.6. The monoisotopic (exact) mass is 368 g/mol. The fraction of sp³-hybridized carbons (Fsp3) is 0.333. The van der Waals surface area contributed by atoms with Crippen molar-refractivity contribution in [3.8, 4) is 0 Å². The standard InChI is InChI=1S/C21H28N4O2/c1-24(2)15-19-10-8-17(9-11-19)14-23-21(27)25(13-12-20(22)26)16-18-6-4-3-5-7-18/h3-11H,12-16H2,1-2H3,(H2,22,26)(H,23,27). The van der Waals surface area contributed by atoms with Gasteiger partial charge in [0.15, 0.2) is 0 Å². The van der Waals surface area contributed by atoms with Crippen LogP contribution in [0.5, 0.6) is 0 Å². The number of rotatable bonds is 9. The largest absolute Gasteiger partial charge is 0.370 e. The van der Waals surface area contributed by atoms with Crippen LogP contribution >= 0.6 is 0 Å². The van der Waals surface area contributed by atoms with Gasteiger partial charge in [0.25, 0.3) is 0 Å². The lowest BCUT2D eigenvalue weighted by molar-refractivity contribution is -0.118. The molecule has 0 fully saturated rings. The minimum atomic E-state index is -0.419. The van der Waals surface area contributed by atoms with E-state index in [4.69, 9.17) is 5.73 Å². The Labute approximate surface area is 161 Å². The molecule has 0 aliphatic heterocycles. The molecule has 27 heavy (non-hydrogen) atoms. The van der Waals surface area contributed by atoms with Crippen molar-refractivity contribution in [1.29, 1.82) is 0 Å². The summed E-state index contributed by atoms with van der Waals surface area (Å²) in [5.41, 5.74) is 8.50. The van der Waals surface area contributed by atoms with Gasteiger partial charge in [0, 0.05) is 32.6 Å². The van der Waals surface area contributed by atoms with Crippen LogP contribution < -0.4 is 11.1 Å². The Bertz CT molecular complexity index is 730. The average molecular weight is 368 g/mol. The van der Waals surface area contributed by atoms with E-state index < -0.39 is 5.91 Å². The van der Waals surface area contributed by atoms with Gasteiger partial charge < -0.3 is 20.9 Å². The molecule has 0 aromatic heterocycles. The molecule has 0 saturated carbocycles. The predicted octanol–water partition coefficient (Wildman–Crippen LogP) is 2.34. The van der Waals surface area contributed by atoms with E-state index >= 15 is 0 Å². The maximum Gasteiger partial charge on any atom is 0.317 e. The fourth-order valence-electron chi connectivity index (χ4n) is 2.72. The van der Waals surface area contributed by atoms with Gasteiger partial charge in [0.05, 0.1) is 0 Å². The van der Waals surface area contributed by atoms with Gasteiger partial charge in [0.2, 0.25) is 5.91 Å². The predicted molar refractivity (Wildman–Crippen MR) is 107 cm³/mol. The summed E-state index contributed by atoms with van der Waals surface area (Å²) in [4.78, 5) is 27.4. The van der Waals surface area contributed by atoms with Gasteiger partial charge in [-0.25, -0.2) is 4.79 Å². The number of benzene rings is 2. The zero-order valence-corrected chi connectivity index (χ0v) is 16.0. The minimum absolute atomic E-state index is 0.138. The van der Waals surface area contributed by atoms with Crippen molar-refractivity contribution in [3.05, 3.63) is 71.3 Å². The molecular formula is C21H28N4O2. The molecule has 0 radical (unpaired) electrons. The van der Waals surface area contributed by atoms with E-state index in [9.17, 15) is 9.59 Å². The molecule has 144 valence electrons. The number of carbonyl (C=O) groups excluding carboxylic acids is 2. The van der Waals surface area contributed by atoms with Gasteiger partial charge in [0.1, 0.15) is 0 Å². The molecular weight excluding hydrogens is 340 g/mol. The van der Waals surface area contributed by atoms with Crippen LogP contribution in [-0.2, 0) is 24.4 Å². The first-order valence-corrected chi connectivity index (χ1v) is 9.01. The fourth-order valence-corrected chi connectivity index (χ4v) is 2.72. The normalized spacial score (nSPS) is 10.6. The summed E-state index contributed by atoms with van der Waals surface area (Å²) < 4.78 is 0. The summed E-state index contributed by atoms with van der Waals surface area (Å²) >= 11 is 0. The average Bonchev–Trinajstić information content (AvgIpc) is 2.64. The van der Waals surface area contributed by atoms with Crippen molar-refractivity contribution in [2.24, 2.45) is 5.73 Å². The zero-order valence-electron chi connectivity index (χ0n) is 16.0. The molecule has 0 spiro atoms. The van der Waals surface area contributed by atoms with Crippen molar-refractivity contribution >= 4 is 11.9 Å². The maximum absolute atomic E-state index is 12.6. The lowest BCUT2D eigenvalue weighted by atomic mass is 10.1. The van der Waals surface area contributed by atoms with E-state index in [0.29, 0.717) is 13.1 Å². The quantitative estimate of drug-likeness (QED) is 0.713. The molecule has 6 nitrogen and oxygen atoms in total. The molecule has 3 N–H and O–H groups in total. The summed E-state index contributed by atoms with van der Waals surface area (Å²) in [7, 11) is 4.06. The summed E-state index contributed by atoms with van der Waals surface area (Å²) in [6, 6.07) is 17.6. The highest BCUT2D eigenvalue weighted by atomic mass is 16.2. The SMILES string of the molecule is CN(C)Cc1ccc(CNC(=O)N(CCC(N)=O)Cc2ccccc2)cc1. The van der Waals surface area contributed by atoms with Crippen LogP contribution in [0.3, 0.4) is 0 Å². The first-order chi connectivity index (χ1) is 12.9. The summed E-state index contributed by atoms with van der Waals surface area (Å²) in [5.74, 6) is -0.419. The Kier molecular flexibility index (Phi) is 7.82. The Morgan fingerprint density at radius 2 is 1.48 bits per heavy atom. The third-order valence-electron chi connectivity index (χ3n) is 4.10. The van der Waals surface area contributed by atoms with Crippen molar-refractivity contribution in [1.82, 2.24) is 15.1 Å². The maximum atomic E-state index is 12.6. The highest BCUT2D eigenvalue weighted by molar-refractivity contribution is 5.77. The molecule has 2 aromatic rings. The molecule has 0 aliphatic carbocycles. The number of primary amides is 1. The third kappa shape index (κ3) is 7.50. The summed E-state index contributed by atoms with van der Waals surface area (Å²) in [6.07, 6.45) is 0.138. The van der Waals surface area contributed by atoms with E-state index in [1.165, 1.54) is 5.56 Å². The number of nitrogens with two attached hydrogens (primary N) is 1. The highest BCUT2D eigenvalue weighted by Crippen LogP contribution is 2.08. The lowest BCUT2D eigenvalue weighted by Crippen LogP contribution is -2.40. The minimum Gasteiger partial charge on any atom is -0.370 e. The van der Waals surface area contributed by atoms with E-state index in [1.807, 2.05) is 56.6 Å². The number of nitrogens with zero attached hydrogens (tertiary/aromatic N) is 2. The molecule has 0 heterocycles.